The number of para-hydroxylation sites is 1. The van der Waals surface area contributed by atoms with Crippen molar-refractivity contribution in [2.45, 2.75) is 19.9 Å². The van der Waals surface area contributed by atoms with E-state index in [1.165, 1.54) is 0 Å². The Morgan fingerprint density at radius 3 is 2.52 bits per heavy atom. The molecular weight excluding hydrogens is 388 g/mol. The molecule has 7 heteroatoms. The Balaban J connectivity index is 1.79. The van der Waals surface area contributed by atoms with Crippen LogP contribution in [0.3, 0.4) is 0 Å². The summed E-state index contributed by atoms with van der Waals surface area (Å²) in [5, 5.41) is 7.90. The van der Waals surface area contributed by atoms with Gasteiger partial charge in [-0.2, -0.15) is 5.10 Å². The van der Waals surface area contributed by atoms with Crippen molar-refractivity contribution in [3.05, 3.63) is 82.1 Å². The number of benzene rings is 2. The number of aromatic nitrogens is 2. The van der Waals surface area contributed by atoms with Crippen LogP contribution in [-0.2, 0) is 4.79 Å². The maximum Gasteiger partial charge on any atom is 0.256 e. The number of hydrogen-bond acceptors (Lipinski definition) is 3. The predicted molar refractivity (Wildman–Crippen MR) is 111 cm³/mol. The van der Waals surface area contributed by atoms with Gasteiger partial charge in [0.2, 0.25) is 5.91 Å². The molecule has 1 unspecified atom stereocenters. The SMILES string of the molecule is Cc1nn(-c2ccccc2)c(C)c1C1C(=O)NCCN1C(=O)c1ccccc1Cl. The number of amides is 2. The summed E-state index contributed by atoms with van der Waals surface area (Å²) in [6.45, 7) is 4.58. The minimum atomic E-state index is -0.759. The molecule has 1 saturated heterocycles. The number of nitrogens with one attached hydrogen (secondary N) is 1. The highest BCUT2D eigenvalue weighted by Gasteiger charge is 2.38. The highest BCUT2D eigenvalue weighted by atomic mass is 35.5. The standard InChI is InChI=1S/C22H21ClN4O2/c1-14-19(15(2)27(25-14)16-8-4-3-5-9-16)20-21(28)24-12-13-26(20)22(29)17-10-6-7-11-18(17)23/h3-11,20H,12-13H2,1-2H3,(H,24,28). The fourth-order valence-corrected chi connectivity index (χ4v) is 4.05. The molecule has 1 fully saturated rings. The Kier molecular flexibility index (Phi) is 5.11. The minimum Gasteiger partial charge on any atom is -0.352 e. The molecule has 2 heterocycles. The molecule has 29 heavy (non-hydrogen) atoms. The van der Waals surface area contributed by atoms with Gasteiger partial charge in [0.05, 0.1) is 22.0 Å². The zero-order chi connectivity index (χ0) is 20.5. The third-order valence-electron chi connectivity index (χ3n) is 5.20. The van der Waals surface area contributed by atoms with Crippen LogP contribution in [-0.4, -0.2) is 39.6 Å². The molecule has 1 aliphatic rings. The van der Waals surface area contributed by atoms with Crippen LogP contribution in [0.5, 0.6) is 0 Å². The average molecular weight is 409 g/mol. The molecule has 0 spiro atoms. The average Bonchev–Trinajstić information content (AvgIpc) is 3.02. The molecule has 4 rings (SSSR count). The number of aryl methyl sites for hydroxylation is 1. The maximum atomic E-state index is 13.3. The predicted octanol–water partition coefficient (Wildman–Crippen LogP) is 3.46. The third-order valence-corrected chi connectivity index (χ3v) is 5.53. The molecule has 2 amide bonds. The van der Waals surface area contributed by atoms with Gasteiger partial charge in [-0.1, -0.05) is 41.9 Å². The number of carbonyl (C=O) groups is 2. The van der Waals surface area contributed by atoms with E-state index in [2.05, 4.69) is 10.4 Å². The lowest BCUT2D eigenvalue weighted by atomic mass is 9.99. The lowest BCUT2D eigenvalue weighted by Gasteiger charge is -2.35. The first kappa shape index (κ1) is 19.2. The monoisotopic (exact) mass is 408 g/mol. The van der Waals surface area contributed by atoms with Gasteiger partial charge in [0.1, 0.15) is 6.04 Å². The summed E-state index contributed by atoms with van der Waals surface area (Å²) in [6, 6.07) is 15.9. The first-order chi connectivity index (χ1) is 14.0. The summed E-state index contributed by atoms with van der Waals surface area (Å²) in [6.07, 6.45) is 0. The van der Waals surface area contributed by atoms with Gasteiger partial charge >= 0.3 is 0 Å². The smallest absolute Gasteiger partial charge is 0.256 e. The summed E-state index contributed by atoms with van der Waals surface area (Å²) >= 11 is 6.25. The Hall–Kier alpha value is -3.12. The van der Waals surface area contributed by atoms with E-state index < -0.39 is 6.04 Å². The van der Waals surface area contributed by atoms with Crippen LogP contribution in [0.4, 0.5) is 0 Å². The molecule has 1 aromatic heterocycles. The highest BCUT2D eigenvalue weighted by Crippen LogP contribution is 2.32. The number of rotatable bonds is 3. The van der Waals surface area contributed by atoms with Crippen molar-refractivity contribution in [1.82, 2.24) is 20.0 Å². The van der Waals surface area contributed by atoms with E-state index in [1.54, 1.807) is 29.2 Å². The molecule has 0 saturated carbocycles. The lowest BCUT2D eigenvalue weighted by molar-refractivity contribution is -0.128. The van der Waals surface area contributed by atoms with Gasteiger partial charge in [-0.25, -0.2) is 4.68 Å². The zero-order valence-corrected chi connectivity index (χ0v) is 17.0. The van der Waals surface area contributed by atoms with Crippen molar-refractivity contribution in [3.63, 3.8) is 0 Å². The first-order valence-electron chi connectivity index (χ1n) is 9.44. The quantitative estimate of drug-likeness (QED) is 0.721. The van der Waals surface area contributed by atoms with Gasteiger partial charge in [-0.15, -0.1) is 0 Å². The molecule has 1 aliphatic heterocycles. The van der Waals surface area contributed by atoms with Crippen molar-refractivity contribution in [1.29, 1.82) is 0 Å². The summed E-state index contributed by atoms with van der Waals surface area (Å²) in [5.74, 6) is -0.475. The lowest BCUT2D eigenvalue weighted by Crippen LogP contribution is -2.52. The van der Waals surface area contributed by atoms with E-state index in [9.17, 15) is 9.59 Å². The maximum absolute atomic E-state index is 13.3. The van der Waals surface area contributed by atoms with Gasteiger partial charge in [-0.05, 0) is 38.1 Å². The van der Waals surface area contributed by atoms with Gasteiger partial charge in [0.15, 0.2) is 0 Å². The number of piperazine rings is 1. The van der Waals surface area contributed by atoms with Gasteiger partial charge in [0.25, 0.3) is 5.91 Å². The van der Waals surface area contributed by atoms with Crippen molar-refractivity contribution in [3.8, 4) is 5.69 Å². The van der Waals surface area contributed by atoms with Crippen LogP contribution >= 0.6 is 11.6 Å². The number of carbonyl (C=O) groups excluding carboxylic acids is 2. The summed E-state index contributed by atoms with van der Waals surface area (Å²) in [5.41, 5.74) is 3.57. The summed E-state index contributed by atoms with van der Waals surface area (Å²) in [7, 11) is 0. The van der Waals surface area contributed by atoms with Crippen LogP contribution in [0.1, 0.15) is 33.4 Å². The van der Waals surface area contributed by atoms with Crippen LogP contribution in [0.15, 0.2) is 54.6 Å². The fraction of sp³-hybridized carbons (Fsp3) is 0.227. The molecule has 0 bridgehead atoms. The second-order valence-electron chi connectivity index (χ2n) is 7.00. The van der Waals surface area contributed by atoms with E-state index in [0.29, 0.717) is 29.4 Å². The Morgan fingerprint density at radius 1 is 1.10 bits per heavy atom. The normalized spacial score (nSPS) is 16.6. The number of nitrogens with zero attached hydrogens (tertiary/aromatic N) is 3. The van der Waals surface area contributed by atoms with E-state index in [0.717, 1.165) is 16.9 Å². The molecule has 0 aliphatic carbocycles. The van der Waals surface area contributed by atoms with Gasteiger partial charge in [-0.3, -0.25) is 9.59 Å². The minimum absolute atomic E-state index is 0.213. The first-order valence-corrected chi connectivity index (χ1v) is 9.81. The van der Waals surface area contributed by atoms with Crippen LogP contribution in [0, 0.1) is 13.8 Å². The van der Waals surface area contributed by atoms with E-state index >= 15 is 0 Å². The highest BCUT2D eigenvalue weighted by molar-refractivity contribution is 6.33. The van der Waals surface area contributed by atoms with E-state index in [-0.39, 0.29) is 11.8 Å². The number of halogens is 1. The molecule has 2 aromatic carbocycles. The Bertz CT molecular complexity index is 1080. The van der Waals surface area contributed by atoms with E-state index in [1.807, 2.05) is 48.9 Å². The van der Waals surface area contributed by atoms with Crippen LogP contribution in [0.25, 0.3) is 5.69 Å². The van der Waals surface area contributed by atoms with Crippen molar-refractivity contribution in [2.24, 2.45) is 0 Å². The summed E-state index contributed by atoms with van der Waals surface area (Å²) < 4.78 is 1.81. The van der Waals surface area contributed by atoms with Crippen LogP contribution in [0.2, 0.25) is 5.02 Å². The fourth-order valence-electron chi connectivity index (χ4n) is 3.83. The third kappa shape index (κ3) is 3.40. The largest absolute Gasteiger partial charge is 0.352 e. The van der Waals surface area contributed by atoms with Gasteiger partial charge in [0, 0.05) is 24.3 Å². The molecule has 6 nitrogen and oxygen atoms in total. The van der Waals surface area contributed by atoms with Gasteiger partial charge < -0.3 is 10.2 Å². The second kappa shape index (κ2) is 7.72. The Labute approximate surface area is 174 Å². The van der Waals surface area contributed by atoms with Crippen molar-refractivity contribution in [2.75, 3.05) is 13.1 Å². The molecule has 3 aromatic rings. The molecule has 0 radical (unpaired) electrons. The number of hydrogen-bond donors (Lipinski definition) is 1. The second-order valence-corrected chi connectivity index (χ2v) is 7.41. The van der Waals surface area contributed by atoms with Crippen LogP contribution < -0.4 is 5.32 Å². The molecule has 1 atom stereocenters. The van der Waals surface area contributed by atoms with E-state index in [4.69, 9.17) is 11.6 Å². The Morgan fingerprint density at radius 2 is 1.79 bits per heavy atom. The molecule has 148 valence electrons. The molecular formula is C22H21ClN4O2. The zero-order valence-electron chi connectivity index (χ0n) is 16.2. The molecule has 1 N–H and O–H groups in total. The summed E-state index contributed by atoms with van der Waals surface area (Å²) in [4.78, 5) is 27.8. The van der Waals surface area contributed by atoms with Crippen molar-refractivity contribution >= 4 is 23.4 Å². The van der Waals surface area contributed by atoms with Crippen molar-refractivity contribution < 1.29 is 9.59 Å². The topological polar surface area (TPSA) is 67.2 Å².